The van der Waals surface area contributed by atoms with E-state index in [0.29, 0.717) is 11.4 Å². The quantitative estimate of drug-likeness (QED) is 0.804. The van der Waals surface area contributed by atoms with E-state index in [1.165, 1.54) is 0 Å². The number of sulfonamides is 1. The normalized spacial score (nSPS) is 18.8. The first-order chi connectivity index (χ1) is 11.8. The molecule has 0 aliphatic carbocycles. The Balaban J connectivity index is 1.97. The fourth-order valence-corrected chi connectivity index (χ4v) is 5.47. The summed E-state index contributed by atoms with van der Waals surface area (Å²) in [6.07, 6.45) is 3.41. The van der Waals surface area contributed by atoms with Crippen LogP contribution in [0.2, 0.25) is 0 Å². The first kappa shape index (κ1) is 18.1. The van der Waals surface area contributed by atoms with Crippen LogP contribution < -0.4 is 0 Å². The van der Waals surface area contributed by atoms with E-state index in [9.17, 15) is 8.42 Å². The molecular formula is C19H26N2O3S. The zero-order valence-electron chi connectivity index (χ0n) is 15.4. The molecule has 0 saturated carbocycles. The third-order valence-electron chi connectivity index (χ3n) is 5.00. The van der Waals surface area contributed by atoms with Gasteiger partial charge in [-0.3, -0.25) is 0 Å². The number of benzene rings is 1. The van der Waals surface area contributed by atoms with E-state index in [0.717, 1.165) is 53.8 Å². The van der Waals surface area contributed by atoms with Crippen molar-refractivity contribution >= 4 is 10.0 Å². The van der Waals surface area contributed by atoms with Gasteiger partial charge in [0, 0.05) is 19.0 Å². The molecule has 1 aromatic heterocycles. The molecule has 136 valence electrons. The van der Waals surface area contributed by atoms with Crippen molar-refractivity contribution in [3.63, 3.8) is 0 Å². The lowest BCUT2D eigenvalue weighted by molar-refractivity contribution is 0.343. The smallest absolute Gasteiger partial charge is 0.243 e. The average Bonchev–Trinajstić information content (AvgIpc) is 3.19. The van der Waals surface area contributed by atoms with E-state index in [-0.39, 0.29) is 6.04 Å². The van der Waals surface area contributed by atoms with Gasteiger partial charge in [-0.05, 0) is 62.8 Å². The summed E-state index contributed by atoms with van der Waals surface area (Å²) in [7, 11) is -3.56. The number of hydrogen-bond acceptors (Lipinski definition) is 4. The van der Waals surface area contributed by atoms with Crippen molar-refractivity contribution < 1.29 is 12.9 Å². The molecule has 1 aliphatic rings. The number of nitrogens with zero attached hydrogens (tertiary/aromatic N) is 2. The molecule has 3 rings (SSSR count). The lowest BCUT2D eigenvalue weighted by Gasteiger charge is -2.24. The van der Waals surface area contributed by atoms with Crippen molar-refractivity contribution in [2.24, 2.45) is 0 Å². The molecule has 0 bridgehead atoms. The Morgan fingerprint density at radius 3 is 2.60 bits per heavy atom. The van der Waals surface area contributed by atoms with Crippen molar-refractivity contribution in [3.8, 4) is 0 Å². The largest absolute Gasteiger partial charge is 0.361 e. The van der Waals surface area contributed by atoms with Gasteiger partial charge in [0.25, 0.3) is 0 Å². The number of aromatic nitrogens is 1. The van der Waals surface area contributed by atoms with Crippen LogP contribution in [0.3, 0.4) is 0 Å². The van der Waals surface area contributed by atoms with Crippen LogP contribution in [-0.2, 0) is 16.4 Å². The van der Waals surface area contributed by atoms with Crippen molar-refractivity contribution in [1.82, 2.24) is 9.46 Å². The molecule has 1 atom stereocenters. The molecule has 0 spiro atoms. The van der Waals surface area contributed by atoms with Gasteiger partial charge in [0.15, 0.2) is 0 Å². The molecule has 0 amide bonds. The molecule has 1 fully saturated rings. The minimum Gasteiger partial charge on any atom is -0.361 e. The van der Waals surface area contributed by atoms with E-state index in [4.69, 9.17) is 4.52 Å². The monoisotopic (exact) mass is 362 g/mol. The molecule has 1 saturated heterocycles. The Morgan fingerprint density at radius 2 is 1.88 bits per heavy atom. The molecule has 6 heteroatoms. The second-order valence-electron chi connectivity index (χ2n) is 6.94. The maximum absolute atomic E-state index is 13.3. The lowest BCUT2D eigenvalue weighted by atomic mass is 10.1. The molecule has 1 aromatic carbocycles. The lowest BCUT2D eigenvalue weighted by Crippen LogP contribution is -2.31. The Labute approximate surface area is 150 Å². The van der Waals surface area contributed by atoms with E-state index in [1.807, 2.05) is 32.9 Å². The predicted octanol–water partition coefficient (Wildman–Crippen LogP) is 4.08. The van der Waals surface area contributed by atoms with Crippen LogP contribution in [0, 0.1) is 20.8 Å². The number of aryl methyl sites for hydroxylation is 4. The Kier molecular flexibility index (Phi) is 5.02. The molecule has 1 aliphatic heterocycles. The van der Waals surface area contributed by atoms with Crippen molar-refractivity contribution in [2.45, 2.75) is 64.3 Å². The first-order valence-electron chi connectivity index (χ1n) is 8.89. The second kappa shape index (κ2) is 6.92. The van der Waals surface area contributed by atoms with Gasteiger partial charge in [0.1, 0.15) is 11.5 Å². The summed E-state index contributed by atoms with van der Waals surface area (Å²) in [6.45, 7) is 8.41. The summed E-state index contributed by atoms with van der Waals surface area (Å²) < 4.78 is 33.6. The highest BCUT2D eigenvalue weighted by molar-refractivity contribution is 7.89. The summed E-state index contributed by atoms with van der Waals surface area (Å²) >= 11 is 0. The SMILES string of the molecule is CCCc1cc([C@H]2CCCN2S(=O)(=O)c2cc(C)c(C)cc2C)no1. The summed E-state index contributed by atoms with van der Waals surface area (Å²) in [5.74, 6) is 0.823. The summed E-state index contributed by atoms with van der Waals surface area (Å²) in [6, 6.07) is 5.42. The fourth-order valence-electron chi connectivity index (χ4n) is 3.51. The molecule has 0 N–H and O–H groups in total. The summed E-state index contributed by atoms with van der Waals surface area (Å²) in [5.41, 5.74) is 3.62. The van der Waals surface area contributed by atoms with Gasteiger partial charge in [-0.25, -0.2) is 8.42 Å². The van der Waals surface area contributed by atoms with Gasteiger partial charge in [-0.1, -0.05) is 18.1 Å². The molecule has 5 nitrogen and oxygen atoms in total. The summed E-state index contributed by atoms with van der Waals surface area (Å²) in [4.78, 5) is 0.403. The van der Waals surface area contributed by atoms with Crippen LogP contribution in [0.15, 0.2) is 27.6 Å². The van der Waals surface area contributed by atoms with Gasteiger partial charge in [0.05, 0.1) is 10.9 Å². The van der Waals surface area contributed by atoms with Gasteiger partial charge in [-0.15, -0.1) is 0 Å². The third kappa shape index (κ3) is 3.37. The van der Waals surface area contributed by atoms with Crippen LogP contribution in [0.1, 0.15) is 60.4 Å². The Morgan fingerprint density at radius 1 is 1.16 bits per heavy atom. The van der Waals surface area contributed by atoms with Crippen molar-refractivity contribution in [1.29, 1.82) is 0 Å². The van der Waals surface area contributed by atoms with E-state index in [1.54, 1.807) is 10.4 Å². The van der Waals surface area contributed by atoms with E-state index < -0.39 is 10.0 Å². The van der Waals surface area contributed by atoms with E-state index >= 15 is 0 Å². The minimum absolute atomic E-state index is 0.236. The van der Waals surface area contributed by atoms with Crippen LogP contribution in [0.4, 0.5) is 0 Å². The van der Waals surface area contributed by atoms with Gasteiger partial charge < -0.3 is 4.52 Å². The molecule has 25 heavy (non-hydrogen) atoms. The highest BCUT2D eigenvalue weighted by atomic mass is 32.2. The predicted molar refractivity (Wildman–Crippen MR) is 97.0 cm³/mol. The maximum atomic E-state index is 13.3. The highest BCUT2D eigenvalue weighted by Crippen LogP contribution is 2.37. The Bertz CT molecular complexity index is 871. The average molecular weight is 362 g/mol. The zero-order valence-corrected chi connectivity index (χ0v) is 16.2. The van der Waals surface area contributed by atoms with Gasteiger partial charge in [-0.2, -0.15) is 4.31 Å². The third-order valence-corrected chi connectivity index (χ3v) is 7.05. The molecular weight excluding hydrogens is 336 g/mol. The first-order valence-corrected chi connectivity index (χ1v) is 10.3. The second-order valence-corrected chi connectivity index (χ2v) is 8.80. The molecule has 2 aromatic rings. The topological polar surface area (TPSA) is 63.4 Å². The number of rotatable bonds is 5. The van der Waals surface area contributed by atoms with Crippen molar-refractivity contribution in [2.75, 3.05) is 6.54 Å². The Hall–Kier alpha value is -1.66. The van der Waals surface area contributed by atoms with E-state index in [2.05, 4.69) is 12.1 Å². The highest BCUT2D eigenvalue weighted by Gasteiger charge is 2.38. The van der Waals surface area contributed by atoms with Crippen LogP contribution in [0.25, 0.3) is 0 Å². The standard InChI is InChI=1S/C19H26N2O3S/c1-5-7-16-12-17(20-24-16)18-8-6-9-21(18)25(22,23)19-11-14(3)13(2)10-15(19)4/h10-12,18H,5-9H2,1-4H3/t18-/m1/s1. The van der Waals surface area contributed by atoms with Crippen molar-refractivity contribution in [3.05, 3.63) is 46.3 Å². The van der Waals surface area contributed by atoms with Crippen LogP contribution in [0.5, 0.6) is 0 Å². The van der Waals surface area contributed by atoms with Gasteiger partial charge in [0.2, 0.25) is 10.0 Å². The van der Waals surface area contributed by atoms with Gasteiger partial charge >= 0.3 is 0 Å². The maximum Gasteiger partial charge on any atom is 0.243 e. The molecule has 0 radical (unpaired) electrons. The summed E-state index contributed by atoms with van der Waals surface area (Å²) in [5, 5.41) is 4.15. The fraction of sp³-hybridized carbons (Fsp3) is 0.526. The molecule has 0 unspecified atom stereocenters. The molecule has 2 heterocycles. The minimum atomic E-state index is -3.56. The number of hydrogen-bond donors (Lipinski definition) is 0. The zero-order chi connectivity index (χ0) is 18.2. The van der Waals surface area contributed by atoms with Crippen LogP contribution >= 0.6 is 0 Å². The van der Waals surface area contributed by atoms with Crippen LogP contribution in [-0.4, -0.2) is 24.4 Å².